The normalized spacial score (nSPS) is 13.9. The fraction of sp³-hybridized carbons (Fsp3) is 0.125. The zero-order chi connectivity index (χ0) is 12.2. The van der Waals surface area contributed by atoms with Gasteiger partial charge in [-0.2, -0.15) is 0 Å². The van der Waals surface area contributed by atoms with Crippen molar-refractivity contribution in [2.24, 2.45) is 15.2 Å². The first-order chi connectivity index (χ1) is 7.49. The van der Waals surface area contributed by atoms with Crippen LogP contribution in [0.15, 0.2) is 33.5 Å². The summed E-state index contributed by atoms with van der Waals surface area (Å²) in [4.78, 5) is 11.1. The number of urea groups is 1. The summed E-state index contributed by atoms with van der Waals surface area (Å²) in [6.07, 6.45) is 0. The summed E-state index contributed by atoms with van der Waals surface area (Å²) >= 11 is 0. The van der Waals surface area contributed by atoms with Crippen LogP contribution in [0.3, 0.4) is 0 Å². The molecule has 84 valence electrons. The molecule has 16 heavy (non-hydrogen) atoms. The lowest BCUT2D eigenvalue weighted by molar-refractivity contribution is 0.254. The molecule has 0 aliphatic rings. The van der Waals surface area contributed by atoms with Gasteiger partial charge in [0.25, 0.3) is 0 Å². The van der Waals surface area contributed by atoms with E-state index in [2.05, 4.69) is 4.36 Å². The zero-order valence-corrected chi connectivity index (χ0v) is 9.24. The van der Waals surface area contributed by atoms with Crippen molar-refractivity contribution >= 4 is 23.9 Å². The van der Waals surface area contributed by atoms with Gasteiger partial charge in [0.15, 0.2) is 0 Å². The summed E-state index contributed by atoms with van der Waals surface area (Å²) in [6, 6.07) is 5.42. The Morgan fingerprint density at radius 3 is 2.44 bits per heavy atom. The van der Waals surface area contributed by atoms with Crippen LogP contribution in [0.1, 0.15) is 5.56 Å². The number of nitrogens with two attached hydrogens (primary N) is 2. The second-order valence-corrected chi connectivity index (χ2v) is 4.75. The van der Waals surface area contributed by atoms with E-state index in [-0.39, 0.29) is 4.90 Å². The highest BCUT2D eigenvalue weighted by Crippen LogP contribution is 2.10. The summed E-state index contributed by atoms with van der Waals surface area (Å²) in [7, 11) is 1.56. The molecule has 0 aliphatic carbocycles. The van der Waals surface area contributed by atoms with Gasteiger partial charge in [0.2, 0.25) is 7.98 Å². The molecular weight excluding hydrogens is 227 g/mol. The Morgan fingerprint density at radius 2 is 2.00 bits per heavy atom. The van der Waals surface area contributed by atoms with E-state index in [0.29, 0.717) is 6.54 Å². The maximum absolute atomic E-state index is 11.8. The van der Waals surface area contributed by atoms with Crippen LogP contribution >= 0.6 is 0 Å². The average molecular weight is 238 g/mol. The summed E-state index contributed by atoms with van der Waals surface area (Å²) in [5.41, 5.74) is 6.27. The molecule has 0 saturated carbocycles. The van der Waals surface area contributed by atoms with Crippen LogP contribution in [0.4, 0.5) is 4.79 Å². The molecule has 0 bridgehead atoms. The number of benzene rings is 1. The van der Waals surface area contributed by atoms with E-state index >= 15 is 0 Å². The van der Waals surface area contributed by atoms with E-state index < -0.39 is 15.9 Å². The molecule has 6 nitrogen and oxygen atoms in total. The standard InChI is InChI=1S/C8H11BN4O2S/c9-12-8(14)13-16(11,15)7-3-1-6(5-10)2-4-7/h1-4H,5,10H2,(H3,11,12,13,14,15). The second kappa shape index (κ2) is 5.11. The van der Waals surface area contributed by atoms with Gasteiger partial charge in [-0.15, -0.1) is 4.36 Å². The van der Waals surface area contributed by atoms with Gasteiger partial charge in [0.1, 0.15) is 9.92 Å². The first kappa shape index (κ1) is 12.7. The number of hydrogen-bond donors (Lipinski definition) is 3. The molecule has 8 heteroatoms. The van der Waals surface area contributed by atoms with Crippen LogP contribution in [-0.4, -0.2) is 18.2 Å². The molecule has 1 rings (SSSR count). The van der Waals surface area contributed by atoms with Crippen LogP contribution in [0.25, 0.3) is 0 Å². The number of carbonyl (C=O) groups is 1. The number of nitrogens with one attached hydrogen (secondary N) is 1. The van der Waals surface area contributed by atoms with Gasteiger partial charge in [-0.25, -0.2) is 14.1 Å². The van der Waals surface area contributed by atoms with E-state index in [1.54, 1.807) is 17.4 Å². The Morgan fingerprint density at radius 1 is 1.44 bits per heavy atom. The third-order valence-electron chi connectivity index (χ3n) is 1.84. The number of carbonyl (C=O) groups excluding carboxylic acids is 1. The molecule has 1 aromatic carbocycles. The minimum absolute atomic E-state index is 0.244. The Kier molecular flexibility index (Phi) is 4.05. The van der Waals surface area contributed by atoms with Crippen LogP contribution in [0.5, 0.6) is 0 Å². The number of nitrogens with zero attached hydrogens (tertiary/aromatic N) is 1. The quantitative estimate of drug-likeness (QED) is 0.611. The highest BCUT2D eigenvalue weighted by Gasteiger charge is 2.08. The molecule has 0 heterocycles. The molecule has 1 atom stereocenters. The molecule has 1 unspecified atom stereocenters. The smallest absolute Gasteiger partial charge is 0.337 e. The van der Waals surface area contributed by atoms with Crippen molar-refractivity contribution in [3.8, 4) is 0 Å². The van der Waals surface area contributed by atoms with Gasteiger partial charge >= 0.3 is 6.03 Å². The Bertz CT molecular complexity index is 493. The third kappa shape index (κ3) is 3.06. The maximum Gasteiger partial charge on any atom is 0.337 e. The topological polar surface area (TPSA) is 111 Å². The van der Waals surface area contributed by atoms with Crippen molar-refractivity contribution in [1.82, 2.24) is 5.23 Å². The Labute approximate surface area is 95.1 Å². The SMILES string of the molecule is [B]NC(=O)N=S(N)(=O)c1ccc(CN)cc1. The van der Waals surface area contributed by atoms with Crippen LogP contribution in [0, 0.1) is 0 Å². The van der Waals surface area contributed by atoms with E-state index in [1.165, 1.54) is 12.1 Å². The second-order valence-electron chi connectivity index (χ2n) is 2.96. The summed E-state index contributed by atoms with van der Waals surface area (Å²) < 4.78 is 15.1. The van der Waals surface area contributed by atoms with Gasteiger partial charge < -0.3 is 11.0 Å². The minimum atomic E-state index is -3.25. The number of amides is 2. The largest absolute Gasteiger partial charge is 0.389 e. The third-order valence-corrected chi connectivity index (χ3v) is 3.22. The molecule has 0 aliphatic heterocycles. The number of hydrogen-bond acceptors (Lipinski definition) is 3. The van der Waals surface area contributed by atoms with E-state index in [0.717, 1.165) is 5.56 Å². The van der Waals surface area contributed by atoms with Crippen LogP contribution in [-0.2, 0) is 16.5 Å². The highest BCUT2D eigenvalue weighted by atomic mass is 32.2. The zero-order valence-electron chi connectivity index (χ0n) is 8.42. The highest BCUT2D eigenvalue weighted by molar-refractivity contribution is 7.91. The van der Waals surface area contributed by atoms with E-state index in [1.807, 2.05) is 0 Å². The van der Waals surface area contributed by atoms with Gasteiger partial charge in [0.05, 0.1) is 4.90 Å². The van der Waals surface area contributed by atoms with Gasteiger partial charge in [-0.1, -0.05) is 12.1 Å². The fourth-order valence-electron chi connectivity index (χ4n) is 1.02. The monoisotopic (exact) mass is 238 g/mol. The van der Waals surface area contributed by atoms with Gasteiger partial charge in [-0.05, 0) is 17.7 Å². The molecule has 2 amide bonds. The summed E-state index contributed by atoms with van der Waals surface area (Å²) in [5.74, 6) is 0. The van der Waals surface area contributed by atoms with Gasteiger partial charge in [0, 0.05) is 6.54 Å². The lowest BCUT2D eigenvalue weighted by Gasteiger charge is -2.04. The van der Waals surface area contributed by atoms with Crippen molar-refractivity contribution in [2.75, 3.05) is 0 Å². The first-order valence-corrected chi connectivity index (χ1v) is 5.92. The van der Waals surface area contributed by atoms with Crippen molar-refractivity contribution in [2.45, 2.75) is 11.4 Å². The van der Waals surface area contributed by atoms with Crippen LogP contribution in [0.2, 0.25) is 0 Å². The fourth-order valence-corrected chi connectivity index (χ4v) is 1.95. The summed E-state index contributed by atoms with van der Waals surface area (Å²) in [6.45, 7) is 0.368. The Hall–Kier alpha value is -1.38. The van der Waals surface area contributed by atoms with Crippen molar-refractivity contribution < 1.29 is 9.00 Å². The molecule has 0 aromatic heterocycles. The molecular formula is C8H11BN4O2S. The predicted molar refractivity (Wildman–Crippen MR) is 61.6 cm³/mol. The maximum atomic E-state index is 11.8. The molecule has 0 spiro atoms. The summed E-state index contributed by atoms with van der Waals surface area (Å²) in [5, 5.41) is 7.15. The minimum Gasteiger partial charge on any atom is -0.389 e. The molecule has 0 fully saturated rings. The van der Waals surface area contributed by atoms with Crippen LogP contribution < -0.4 is 16.1 Å². The van der Waals surface area contributed by atoms with Crippen molar-refractivity contribution in [1.29, 1.82) is 0 Å². The molecule has 2 radical (unpaired) electrons. The Balaban J connectivity index is 3.12. The molecule has 1 aromatic rings. The number of rotatable bonds is 2. The first-order valence-electron chi connectivity index (χ1n) is 4.34. The average Bonchev–Trinajstić information content (AvgIpc) is 2.28. The predicted octanol–water partition coefficient (Wildman–Crippen LogP) is -0.361. The lowest BCUT2D eigenvalue weighted by atomic mass is 10.2. The molecule has 0 saturated heterocycles. The van der Waals surface area contributed by atoms with E-state index in [9.17, 15) is 9.00 Å². The van der Waals surface area contributed by atoms with E-state index in [4.69, 9.17) is 18.9 Å². The van der Waals surface area contributed by atoms with Crippen molar-refractivity contribution in [3.05, 3.63) is 29.8 Å². The lowest BCUT2D eigenvalue weighted by Crippen LogP contribution is -2.21. The van der Waals surface area contributed by atoms with Gasteiger partial charge in [-0.3, -0.25) is 0 Å². The van der Waals surface area contributed by atoms with Crippen molar-refractivity contribution in [3.63, 3.8) is 0 Å². The molecule has 5 N–H and O–H groups in total.